The highest BCUT2D eigenvalue weighted by Gasteiger charge is 2.08. The van der Waals surface area contributed by atoms with Gasteiger partial charge in [-0.2, -0.15) is 0 Å². The lowest BCUT2D eigenvalue weighted by molar-refractivity contribution is -0.140. The van der Waals surface area contributed by atoms with Gasteiger partial charge in [0, 0.05) is 6.92 Å². The van der Waals surface area contributed by atoms with Crippen LogP contribution in [-0.2, 0) is 14.6 Å². The van der Waals surface area contributed by atoms with E-state index in [0.717, 1.165) is 25.9 Å². The quantitative estimate of drug-likeness (QED) is 0.617. The average Bonchev–Trinajstić information content (AvgIpc) is 2.06. The van der Waals surface area contributed by atoms with Gasteiger partial charge in [0.15, 0.2) is 0 Å². The van der Waals surface area contributed by atoms with Crippen molar-refractivity contribution in [3.05, 3.63) is 0 Å². The first-order valence-corrected chi connectivity index (χ1v) is 4.66. The highest BCUT2D eigenvalue weighted by Crippen LogP contribution is 2.00. The Morgan fingerprint density at radius 2 is 2.00 bits per heavy atom. The maximum absolute atomic E-state index is 10.5. The van der Waals surface area contributed by atoms with Crippen molar-refractivity contribution < 1.29 is 14.6 Å². The van der Waals surface area contributed by atoms with Gasteiger partial charge in [-0.25, -0.2) is 5.11 Å². The van der Waals surface area contributed by atoms with E-state index < -0.39 is 0 Å². The third kappa shape index (κ3) is 9.30. The lowest BCUT2D eigenvalue weighted by Crippen LogP contribution is -2.29. The Kier molecular flexibility index (Phi) is 7.63. The van der Waals surface area contributed by atoms with Crippen molar-refractivity contribution >= 4 is 5.97 Å². The van der Waals surface area contributed by atoms with Crippen LogP contribution in [0.25, 0.3) is 0 Å². The van der Waals surface area contributed by atoms with Gasteiger partial charge in [-0.05, 0) is 32.9 Å². The van der Waals surface area contributed by atoms with Gasteiger partial charge in [0.2, 0.25) is 0 Å². The number of nitrogens with one attached hydrogen (secondary N) is 1. The molecule has 0 aromatic heterocycles. The molecule has 13 heavy (non-hydrogen) atoms. The topological polar surface area (TPSA) is 58.2 Å². The number of hydrogen-bond donors (Lipinski definition) is 1. The fourth-order valence-electron chi connectivity index (χ4n) is 0.999. The van der Waals surface area contributed by atoms with Crippen LogP contribution in [0.3, 0.4) is 0 Å². The van der Waals surface area contributed by atoms with Gasteiger partial charge in [-0.15, -0.1) is 0 Å². The molecule has 0 atom stereocenters. The molecule has 1 aliphatic rings. The minimum Gasteiger partial charge on any atom is -0.466 e. The van der Waals surface area contributed by atoms with E-state index in [1.165, 1.54) is 6.92 Å². The number of carbonyl (C=O) groups is 1. The number of piperidine rings is 1. The number of hydrogen-bond acceptors (Lipinski definition) is 3. The van der Waals surface area contributed by atoms with E-state index in [1.807, 2.05) is 0 Å². The predicted octanol–water partition coefficient (Wildman–Crippen LogP) is 0.738. The molecule has 77 valence electrons. The van der Waals surface area contributed by atoms with E-state index in [9.17, 15) is 9.90 Å². The van der Waals surface area contributed by atoms with Crippen molar-refractivity contribution in [1.29, 1.82) is 0 Å². The maximum atomic E-state index is 10.5. The molecule has 4 nitrogen and oxygen atoms in total. The zero-order chi connectivity index (χ0) is 10.1. The molecule has 0 bridgehead atoms. The van der Waals surface area contributed by atoms with Gasteiger partial charge in [0.05, 0.1) is 12.7 Å². The zero-order valence-corrected chi connectivity index (χ0v) is 8.34. The zero-order valence-electron chi connectivity index (χ0n) is 8.34. The average molecular weight is 188 g/mol. The second-order valence-electron chi connectivity index (χ2n) is 2.87. The Morgan fingerprint density at radius 1 is 1.46 bits per heavy atom. The lowest BCUT2D eigenvalue weighted by atomic mass is 10.1. The van der Waals surface area contributed by atoms with Crippen LogP contribution in [0.5, 0.6) is 0 Å². The number of ether oxygens (including phenoxy) is 1. The smallest absolute Gasteiger partial charge is 0.302 e. The predicted molar refractivity (Wildman–Crippen MR) is 48.9 cm³/mol. The highest BCUT2D eigenvalue weighted by atomic mass is 16.5. The molecule has 0 aromatic rings. The van der Waals surface area contributed by atoms with Crippen LogP contribution >= 0.6 is 0 Å². The SMILES string of the molecule is CCOC(C)=O.[O]C1CCNCC1. The van der Waals surface area contributed by atoms with Crippen molar-refractivity contribution in [2.45, 2.75) is 32.8 Å². The number of carbonyl (C=O) groups excluding carboxylic acids is 1. The molecule has 1 aliphatic heterocycles. The molecule has 0 amide bonds. The summed E-state index contributed by atoms with van der Waals surface area (Å²) < 4.78 is 4.40. The highest BCUT2D eigenvalue weighted by molar-refractivity contribution is 5.65. The van der Waals surface area contributed by atoms with Crippen molar-refractivity contribution in [2.75, 3.05) is 19.7 Å². The van der Waals surface area contributed by atoms with Crippen molar-refractivity contribution in [2.24, 2.45) is 0 Å². The van der Waals surface area contributed by atoms with Crippen LogP contribution < -0.4 is 5.32 Å². The van der Waals surface area contributed by atoms with Crippen LogP contribution in [-0.4, -0.2) is 31.8 Å². The van der Waals surface area contributed by atoms with E-state index in [1.54, 1.807) is 6.92 Å². The second-order valence-corrected chi connectivity index (χ2v) is 2.87. The van der Waals surface area contributed by atoms with Crippen LogP contribution in [0.15, 0.2) is 0 Å². The van der Waals surface area contributed by atoms with Gasteiger partial charge in [0.25, 0.3) is 0 Å². The Bertz CT molecular complexity index is 133. The van der Waals surface area contributed by atoms with Crippen LogP contribution in [0.1, 0.15) is 26.7 Å². The third-order valence-electron chi connectivity index (χ3n) is 1.63. The van der Waals surface area contributed by atoms with E-state index >= 15 is 0 Å². The summed E-state index contributed by atoms with van der Waals surface area (Å²) in [7, 11) is 0. The van der Waals surface area contributed by atoms with Gasteiger partial charge in [-0.3, -0.25) is 4.79 Å². The summed E-state index contributed by atoms with van der Waals surface area (Å²) in [6, 6.07) is 0. The molecule has 0 aliphatic carbocycles. The van der Waals surface area contributed by atoms with Crippen molar-refractivity contribution in [1.82, 2.24) is 5.32 Å². The molecular weight excluding hydrogens is 170 g/mol. The Balaban J connectivity index is 0.000000226. The summed E-state index contributed by atoms with van der Waals surface area (Å²) in [5, 5.41) is 13.6. The summed E-state index contributed by atoms with van der Waals surface area (Å²) in [5.41, 5.74) is 0. The molecule has 1 rings (SSSR count). The monoisotopic (exact) mass is 188 g/mol. The van der Waals surface area contributed by atoms with E-state index in [-0.39, 0.29) is 12.1 Å². The Labute approximate surface area is 79.3 Å². The summed E-state index contributed by atoms with van der Waals surface area (Å²) >= 11 is 0. The fraction of sp³-hybridized carbons (Fsp3) is 0.889. The van der Waals surface area contributed by atoms with Gasteiger partial charge in [-0.1, -0.05) is 0 Å². The van der Waals surface area contributed by atoms with Crippen molar-refractivity contribution in [3.8, 4) is 0 Å². The molecule has 1 fully saturated rings. The molecule has 0 aromatic carbocycles. The molecular formula is C9H18NO3. The van der Waals surface area contributed by atoms with Crippen LogP contribution in [0, 0.1) is 0 Å². The molecule has 1 radical (unpaired) electrons. The van der Waals surface area contributed by atoms with Crippen molar-refractivity contribution in [3.63, 3.8) is 0 Å². The first kappa shape index (κ1) is 12.4. The fourth-order valence-corrected chi connectivity index (χ4v) is 0.999. The van der Waals surface area contributed by atoms with Crippen LogP contribution in [0.4, 0.5) is 0 Å². The summed E-state index contributed by atoms with van der Waals surface area (Å²) in [5.74, 6) is -0.211. The Morgan fingerprint density at radius 3 is 2.15 bits per heavy atom. The molecule has 0 unspecified atom stereocenters. The largest absolute Gasteiger partial charge is 0.466 e. The first-order valence-electron chi connectivity index (χ1n) is 4.66. The number of esters is 1. The maximum Gasteiger partial charge on any atom is 0.302 e. The normalized spacial score (nSPS) is 17.2. The standard InChI is InChI=1S/C5H10NO.C4H8O2/c7-5-1-3-6-4-2-5;1-3-6-4(2)5/h5-6H,1-4H2;3H2,1-2H3. The molecule has 0 spiro atoms. The van der Waals surface area contributed by atoms with E-state index in [0.29, 0.717) is 6.61 Å². The molecule has 1 heterocycles. The Hall–Kier alpha value is -0.610. The summed E-state index contributed by atoms with van der Waals surface area (Å²) in [6.07, 6.45) is 1.36. The van der Waals surface area contributed by atoms with Gasteiger partial charge in [0.1, 0.15) is 0 Å². The summed E-state index contributed by atoms with van der Waals surface area (Å²) in [6.45, 7) is 5.50. The summed E-state index contributed by atoms with van der Waals surface area (Å²) in [4.78, 5) is 9.82. The molecule has 1 saturated heterocycles. The van der Waals surface area contributed by atoms with E-state index in [4.69, 9.17) is 0 Å². The minimum atomic E-state index is -0.277. The molecule has 4 heteroatoms. The first-order chi connectivity index (χ1) is 6.16. The van der Waals surface area contributed by atoms with Gasteiger partial charge >= 0.3 is 5.97 Å². The van der Waals surface area contributed by atoms with Gasteiger partial charge < -0.3 is 10.1 Å². The minimum absolute atomic E-state index is 0.211. The lowest BCUT2D eigenvalue weighted by Gasteiger charge is -2.14. The molecule has 0 saturated carbocycles. The molecule has 1 N–H and O–H groups in total. The van der Waals surface area contributed by atoms with E-state index in [2.05, 4.69) is 10.1 Å². The van der Waals surface area contributed by atoms with Crippen LogP contribution in [0.2, 0.25) is 0 Å². The third-order valence-corrected chi connectivity index (χ3v) is 1.63. The number of rotatable bonds is 1. The second kappa shape index (κ2) is 8.01.